The minimum atomic E-state index is 0.139. The van der Waals surface area contributed by atoms with E-state index in [0.717, 1.165) is 12.1 Å². The molecular formula is C10H15ClN2. The smallest absolute Gasteiger partial charge is 0.129 e. The van der Waals surface area contributed by atoms with Crippen molar-refractivity contribution in [2.24, 2.45) is 0 Å². The van der Waals surface area contributed by atoms with E-state index in [0.29, 0.717) is 5.15 Å². The number of aromatic nitrogens is 1. The molecule has 0 aromatic carbocycles. The van der Waals surface area contributed by atoms with Gasteiger partial charge in [-0.25, -0.2) is 4.98 Å². The lowest BCUT2D eigenvalue weighted by atomic mass is 10.1. The summed E-state index contributed by atoms with van der Waals surface area (Å²) in [5.74, 6) is 0. The van der Waals surface area contributed by atoms with Crippen molar-refractivity contribution in [2.45, 2.75) is 32.9 Å². The van der Waals surface area contributed by atoms with Crippen molar-refractivity contribution in [1.82, 2.24) is 10.3 Å². The summed E-state index contributed by atoms with van der Waals surface area (Å²) in [5, 5.41) is 3.92. The Morgan fingerprint density at radius 3 is 2.54 bits per heavy atom. The summed E-state index contributed by atoms with van der Waals surface area (Å²) in [7, 11) is 0. The molecular weight excluding hydrogens is 184 g/mol. The Morgan fingerprint density at radius 1 is 1.38 bits per heavy atom. The minimum Gasteiger partial charge on any atom is -0.308 e. The van der Waals surface area contributed by atoms with Gasteiger partial charge in [0, 0.05) is 18.3 Å². The molecule has 0 bridgehead atoms. The summed E-state index contributed by atoms with van der Waals surface area (Å²) in [6, 6.07) is 3.79. The molecule has 0 atom stereocenters. The van der Waals surface area contributed by atoms with E-state index in [1.165, 1.54) is 0 Å². The topological polar surface area (TPSA) is 24.9 Å². The number of hydrogen-bond acceptors (Lipinski definition) is 2. The molecule has 0 unspecified atom stereocenters. The third-order valence-corrected chi connectivity index (χ3v) is 1.84. The lowest BCUT2D eigenvalue weighted by Crippen LogP contribution is -2.35. The van der Waals surface area contributed by atoms with E-state index in [4.69, 9.17) is 11.6 Å². The number of hydrogen-bond donors (Lipinski definition) is 1. The van der Waals surface area contributed by atoms with Gasteiger partial charge < -0.3 is 5.32 Å². The predicted octanol–water partition coefficient (Wildman–Crippen LogP) is 2.62. The van der Waals surface area contributed by atoms with Crippen LogP contribution in [-0.2, 0) is 6.54 Å². The largest absolute Gasteiger partial charge is 0.308 e. The fourth-order valence-corrected chi connectivity index (χ4v) is 0.990. The molecule has 0 spiro atoms. The van der Waals surface area contributed by atoms with E-state index in [1.54, 1.807) is 12.3 Å². The molecule has 0 saturated heterocycles. The highest BCUT2D eigenvalue weighted by atomic mass is 35.5. The maximum atomic E-state index is 5.67. The van der Waals surface area contributed by atoms with Crippen molar-refractivity contribution in [3.05, 3.63) is 29.0 Å². The molecule has 1 rings (SSSR count). The van der Waals surface area contributed by atoms with Crippen LogP contribution in [0.15, 0.2) is 18.3 Å². The molecule has 0 aliphatic carbocycles. The quantitative estimate of drug-likeness (QED) is 0.740. The van der Waals surface area contributed by atoms with Gasteiger partial charge in [-0.3, -0.25) is 0 Å². The van der Waals surface area contributed by atoms with Gasteiger partial charge in [0.05, 0.1) is 0 Å². The summed E-state index contributed by atoms with van der Waals surface area (Å²) in [6.45, 7) is 7.23. The Morgan fingerprint density at radius 2 is 2.08 bits per heavy atom. The van der Waals surface area contributed by atoms with Gasteiger partial charge in [0.1, 0.15) is 5.15 Å². The van der Waals surface area contributed by atoms with Crippen LogP contribution in [0.2, 0.25) is 5.15 Å². The van der Waals surface area contributed by atoms with E-state index in [-0.39, 0.29) is 5.54 Å². The van der Waals surface area contributed by atoms with E-state index >= 15 is 0 Å². The number of rotatable bonds is 2. The van der Waals surface area contributed by atoms with Gasteiger partial charge in [-0.05, 0) is 32.4 Å². The summed E-state index contributed by atoms with van der Waals surface area (Å²) in [5.41, 5.74) is 1.29. The summed E-state index contributed by atoms with van der Waals surface area (Å²) in [6.07, 6.45) is 1.79. The van der Waals surface area contributed by atoms with E-state index in [9.17, 15) is 0 Å². The van der Waals surface area contributed by atoms with Crippen LogP contribution < -0.4 is 5.32 Å². The van der Waals surface area contributed by atoms with E-state index < -0.39 is 0 Å². The molecule has 0 aliphatic rings. The van der Waals surface area contributed by atoms with Crippen LogP contribution in [0.1, 0.15) is 26.3 Å². The fourth-order valence-electron chi connectivity index (χ4n) is 0.878. The van der Waals surface area contributed by atoms with Crippen molar-refractivity contribution < 1.29 is 0 Å². The molecule has 3 heteroatoms. The second-order valence-electron chi connectivity index (χ2n) is 4.09. The average molecular weight is 199 g/mol. The highest BCUT2D eigenvalue weighted by Crippen LogP contribution is 2.06. The SMILES string of the molecule is CC(C)(C)NCc1ccc(Cl)nc1. The van der Waals surface area contributed by atoms with Crippen LogP contribution in [0, 0.1) is 0 Å². The van der Waals surface area contributed by atoms with Gasteiger partial charge in [0.25, 0.3) is 0 Å². The number of halogens is 1. The molecule has 1 heterocycles. The average Bonchev–Trinajstić information content (AvgIpc) is 2.02. The Labute approximate surface area is 84.3 Å². The monoisotopic (exact) mass is 198 g/mol. The molecule has 0 radical (unpaired) electrons. The normalized spacial score (nSPS) is 11.7. The van der Waals surface area contributed by atoms with Crippen molar-refractivity contribution >= 4 is 11.6 Å². The zero-order chi connectivity index (χ0) is 9.90. The highest BCUT2D eigenvalue weighted by Gasteiger charge is 2.07. The Hall–Kier alpha value is -0.600. The second kappa shape index (κ2) is 4.07. The molecule has 1 aromatic heterocycles. The van der Waals surface area contributed by atoms with Crippen LogP contribution in [-0.4, -0.2) is 10.5 Å². The summed E-state index contributed by atoms with van der Waals surface area (Å²) < 4.78 is 0. The van der Waals surface area contributed by atoms with Crippen molar-refractivity contribution in [1.29, 1.82) is 0 Å². The summed E-state index contributed by atoms with van der Waals surface area (Å²) in [4.78, 5) is 4.01. The number of nitrogens with zero attached hydrogens (tertiary/aromatic N) is 1. The zero-order valence-corrected chi connectivity index (χ0v) is 9.02. The van der Waals surface area contributed by atoms with Crippen molar-refractivity contribution in [3.8, 4) is 0 Å². The number of nitrogens with one attached hydrogen (secondary N) is 1. The van der Waals surface area contributed by atoms with Crippen LogP contribution in [0.3, 0.4) is 0 Å². The Kier molecular flexibility index (Phi) is 3.28. The lowest BCUT2D eigenvalue weighted by Gasteiger charge is -2.20. The first-order chi connectivity index (χ1) is 5.97. The molecule has 72 valence electrons. The third kappa shape index (κ3) is 4.25. The third-order valence-electron chi connectivity index (χ3n) is 1.61. The van der Waals surface area contributed by atoms with Crippen LogP contribution in [0.4, 0.5) is 0 Å². The Balaban J connectivity index is 2.51. The van der Waals surface area contributed by atoms with Crippen LogP contribution in [0.25, 0.3) is 0 Å². The first-order valence-corrected chi connectivity index (χ1v) is 4.71. The zero-order valence-electron chi connectivity index (χ0n) is 8.26. The van der Waals surface area contributed by atoms with E-state index in [1.807, 2.05) is 6.07 Å². The molecule has 2 nitrogen and oxygen atoms in total. The maximum absolute atomic E-state index is 5.67. The van der Waals surface area contributed by atoms with E-state index in [2.05, 4.69) is 31.1 Å². The molecule has 0 amide bonds. The summed E-state index contributed by atoms with van der Waals surface area (Å²) >= 11 is 5.67. The van der Waals surface area contributed by atoms with Gasteiger partial charge in [0.2, 0.25) is 0 Å². The first kappa shape index (κ1) is 10.5. The molecule has 13 heavy (non-hydrogen) atoms. The standard InChI is InChI=1S/C10H15ClN2/c1-10(2,3)13-7-8-4-5-9(11)12-6-8/h4-6,13H,7H2,1-3H3. The minimum absolute atomic E-state index is 0.139. The first-order valence-electron chi connectivity index (χ1n) is 4.33. The highest BCUT2D eigenvalue weighted by molar-refractivity contribution is 6.29. The lowest BCUT2D eigenvalue weighted by molar-refractivity contribution is 0.424. The number of pyridine rings is 1. The van der Waals surface area contributed by atoms with Gasteiger partial charge in [-0.15, -0.1) is 0 Å². The molecule has 1 aromatic rings. The Bertz CT molecular complexity index is 261. The van der Waals surface area contributed by atoms with Gasteiger partial charge in [-0.2, -0.15) is 0 Å². The van der Waals surface area contributed by atoms with Crippen molar-refractivity contribution in [3.63, 3.8) is 0 Å². The molecule has 0 saturated carbocycles. The van der Waals surface area contributed by atoms with Crippen molar-refractivity contribution in [2.75, 3.05) is 0 Å². The van der Waals surface area contributed by atoms with Crippen LogP contribution in [0.5, 0.6) is 0 Å². The molecule has 0 fully saturated rings. The fraction of sp³-hybridized carbons (Fsp3) is 0.500. The van der Waals surface area contributed by atoms with Gasteiger partial charge in [-0.1, -0.05) is 17.7 Å². The van der Waals surface area contributed by atoms with Gasteiger partial charge >= 0.3 is 0 Å². The van der Waals surface area contributed by atoms with Gasteiger partial charge in [0.15, 0.2) is 0 Å². The predicted molar refractivity (Wildman–Crippen MR) is 55.8 cm³/mol. The molecule has 0 aliphatic heterocycles. The van der Waals surface area contributed by atoms with Crippen LogP contribution >= 0.6 is 11.6 Å². The second-order valence-corrected chi connectivity index (χ2v) is 4.48. The molecule has 1 N–H and O–H groups in total. The maximum Gasteiger partial charge on any atom is 0.129 e.